The smallest absolute Gasteiger partial charge is 0.0453 e. The first-order valence-corrected chi connectivity index (χ1v) is 12.0. The van der Waals surface area contributed by atoms with E-state index in [9.17, 15) is 0 Å². The van der Waals surface area contributed by atoms with Crippen molar-refractivity contribution in [1.82, 2.24) is 0 Å². The van der Waals surface area contributed by atoms with E-state index in [0.29, 0.717) is 0 Å². The van der Waals surface area contributed by atoms with E-state index in [-0.39, 0.29) is 7.66 Å². The van der Waals surface area contributed by atoms with Gasteiger partial charge in [0.25, 0.3) is 0 Å². The molecule has 0 aromatic heterocycles. The van der Waals surface area contributed by atoms with E-state index in [4.69, 9.17) is 0 Å². The maximum atomic E-state index is 2.59. The molecule has 0 N–H and O–H groups in total. The van der Waals surface area contributed by atoms with Crippen molar-refractivity contribution in [3.63, 3.8) is 0 Å². The molecule has 1 aliphatic rings. The van der Waals surface area contributed by atoms with Gasteiger partial charge in [0.1, 0.15) is 0 Å². The lowest BCUT2D eigenvalue weighted by Crippen LogP contribution is -1.97. The molecule has 3 heteroatoms. The topological polar surface area (TPSA) is 0 Å². The van der Waals surface area contributed by atoms with Gasteiger partial charge in [-0.15, -0.1) is 11.8 Å². The molecule has 22 heavy (non-hydrogen) atoms. The van der Waals surface area contributed by atoms with Crippen molar-refractivity contribution in [3.8, 4) is 0 Å². The first-order valence-electron chi connectivity index (χ1n) is 7.24. The van der Waals surface area contributed by atoms with Crippen molar-refractivity contribution >= 4 is 55.3 Å². The van der Waals surface area contributed by atoms with E-state index in [2.05, 4.69) is 101 Å². The third kappa shape index (κ3) is 3.58. The van der Waals surface area contributed by atoms with E-state index in [1.54, 1.807) is 0 Å². The van der Waals surface area contributed by atoms with Gasteiger partial charge in [0.05, 0.1) is 0 Å². The van der Waals surface area contributed by atoms with Gasteiger partial charge >= 0.3 is 0 Å². The molecule has 0 aliphatic carbocycles. The number of allylic oxidation sites excluding steroid dienone is 2. The zero-order valence-electron chi connectivity index (χ0n) is 12.3. The van der Waals surface area contributed by atoms with Crippen LogP contribution in [-0.2, 0) is 0 Å². The Hall–Kier alpha value is -0.780. The summed E-state index contributed by atoms with van der Waals surface area (Å²) in [5, 5.41) is 0. The fourth-order valence-corrected chi connectivity index (χ4v) is 7.57. The highest BCUT2D eigenvalue weighted by Crippen LogP contribution is 2.48. The average molecular weight is 436 g/mol. The quantitative estimate of drug-likeness (QED) is 0.385. The molecule has 2 aromatic rings. The predicted molar refractivity (Wildman–Crippen MR) is 114 cm³/mol. The Morgan fingerprint density at radius 2 is 1.45 bits per heavy atom. The molecule has 0 spiro atoms. The summed E-state index contributed by atoms with van der Waals surface area (Å²) in [5.41, 5.74) is 3.94. The van der Waals surface area contributed by atoms with Crippen LogP contribution in [0.2, 0.25) is 0 Å². The summed E-state index contributed by atoms with van der Waals surface area (Å²) in [7, 11) is 0.123. The minimum atomic E-state index is 0.123. The highest BCUT2D eigenvalue weighted by molar-refractivity contribution is 14.2. The van der Waals surface area contributed by atoms with Gasteiger partial charge in [-0.05, 0) is 55.8 Å². The monoisotopic (exact) mass is 436 g/mol. The Morgan fingerprint density at radius 3 is 2.05 bits per heavy atom. The maximum absolute atomic E-state index is 2.59. The third-order valence-electron chi connectivity index (χ3n) is 3.38. The van der Waals surface area contributed by atoms with Gasteiger partial charge in [0, 0.05) is 9.10 Å². The van der Waals surface area contributed by atoms with Crippen LogP contribution in [0.15, 0.2) is 72.8 Å². The van der Waals surface area contributed by atoms with Gasteiger partial charge < -0.3 is 0 Å². The number of thioether (sulfide) groups is 1. The largest absolute Gasteiger partial charge is 0.119 e. The summed E-state index contributed by atoms with van der Waals surface area (Å²) in [5.74, 6) is 1.11. The zero-order chi connectivity index (χ0) is 15.4. The summed E-state index contributed by atoms with van der Waals surface area (Å²) in [6.07, 6.45) is 4.73. The fourth-order valence-electron chi connectivity index (χ4n) is 2.34. The minimum absolute atomic E-state index is 0.123. The van der Waals surface area contributed by atoms with Crippen molar-refractivity contribution in [2.75, 3.05) is 5.75 Å². The Bertz CT molecular complexity index is 744. The van der Waals surface area contributed by atoms with Crippen LogP contribution in [0.4, 0.5) is 0 Å². The first kappa shape index (κ1) is 16.1. The molecule has 1 aliphatic heterocycles. The molecule has 3 rings (SSSR count). The lowest BCUT2D eigenvalue weighted by molar-refractivity contribution is 1.54. The van der Waals surface area contributed by atoms with E-state index in [1.165, 1.54) is 25.8 Å². The van der Waals surface area contributed by atoms with Crippen molar-refractivity contribution in [2.45, 2.75) is 6.92 Å². The summed E-state index contributed by atoms with van der Waals surface area (Å²) in [6, 6.07) is 21.4. The summed E-state index contributed by atoms with van der Waals surface area (Å²) < 4.78 is 1.48. The van der Waals surface area contributed by atoms with Gasteiger partial charge in [-0.2, -0.15) is 0 Å². The molecular formula is C19H17IS2. The van der Waals surface area contributed by atoms with E-state index in [0.717, 1.165) is 5.75 Å². The zero-order valence-corrected chi connectivity index (χ0v) is 16.1. The number of benzene rings is 2. The van der Waals surface area contributed by atoms with Gasteiger partial charge in [0.2, 0.25) is 0 Å². The lowest BCUT2D eigenvalue weighted by Gasteiger charge is -2.19. The van der Waals surface area contributed by atoms with Crippen LogP contribution in [0.3, 0.4) is 0 Å². The molecule has 0 bridgehead atoms. The number of rotatable bonds is 3. The van der Waals surface area contributed by atoms with Crippen LogP contribution < -0.4 is 0 Å². The number of hydrogen-bond donors (Lipinski definition) is 0. The highest BCUT2D eigenvalue weighted by Gasteiger charge is 2.16. The Morgan fingerprint density at radius 1 is 0.864 bits per heavy atom. The van der Waals surface area contributed by atoms with Gasteiger partial charge in [-0.25, -0.2) is 0 Å². The Labute approximate surface area is 151 Å². The van der Waals surface area contributed by atoms with Gasteiger partial charge in [0.15, 0.2) is 0 Å². The van der Waals surface area contributed by atoms with E-state index in [1.807, 2.05) is 11.8 Å². The predicted octanol–water partition coefficient (Wildman–Crippen LogP) is 6.63. The molecule has 0 nitrogen and oxygen atoms in total. The standard InChI is InChI=1S/C19H17IS2/c1-2-21-19-14-17(15-9-5-3-6-10-15)13-18(22(19)20)16-11-7-4-8-12-16/h3-14H,2H2,1H3. The van der Waals surface area contributed by atoms with Gasteiger partial charge in [-0.3, -0.25) is 0 Å². The highest BCUT2D eigenvalue weighted by atomic mass is 127. The fraction of sp³-hybridized carbons (Fsp3) is 0.105. The number of halogens is 1. The molecule has 0 saturated carbocycles. The molecule has 0 radical (unpaired) electrons. The molecule has 0 amide bonds. The first-order chi connectivity index (χ1) is 10.8. The lowest BCUT2D eigenvalue weighted by atomic mass is 10.0. The van der Waals surface area contributed by atoms with Crippen LogP contribution in [0.25, 0.3) is 10.5 Å². The minimum Gasteiger partial charge on any atom is -0.119 e. The molecule has 0 saturated heterocycles. The second-order valence-corrected chi connectivity index (χ2v) is 10.4. The van der Waals surface area contributed by atoms with Gasteiger partial charge in [-0.1, -0.05) is 75.2 Å². The van der Waals surface area contributed by atoms with Crippen LogP contribution in [0, 0.1) is 0 Å². The number of hydrogen-bond acceptors (Lipinski definition) is 1. The normalized spacial score (nSPS) is 17.9. The second kappa shape index (κ2) is 7.66. The summed E-state index contributed by atoms with van der Waals surface area (Å²) in [6.45, 7) is 2.22. The molecule has 0 fully saturated rings. The summed E-state index contributed by atoms with van der Waals surface area (Å²) in [4.78, 5) is 1.43. The Kier molecular flexibility index (Phi) is 5.61. The molecule has 1 atom stereocenters. The van der Waals surface area contributed by atoms with Crippen molar-refractivity contribution in [2.24, 2.45) is 0 Å². The molecule has 2 aromatic carbocycles. The van der Waals surface area contributed by atoms with Crippen molar-refractivity contribution in [1.29, 1.82) is 0 Å². The van der Waals surface area contributed by atoms with Crippen LogP contribution in [0.1, 0.15) is 18.1 Å². The molecule has 112 valence electrons. The van der Waals surface area contributed by atoms with Crippen molar-refractivity contribution < 1.29 is 0 Å². The molecule has 1 unspecified atom stereocenters. The molecular weight excluding hydrogens is 419 g/mol. The Balaban J connectivity index is 2.12. The van der Waals surface area contributed by atoms with Crippen LogP contribution >= 0.6 is 40.6 Å². The maximum Gasteiger partial charge on any atom is 0.0453 e. The molecule has 1 heterocycles. The average Bonchev–Trinajstić information content (AvgIpc) is 2.58. The van der Waals surface area contributed by atoms with E-state index < -0.39 is 0 Å². The summed E-state index contributed by atoms with van der Waals surface area (Å²) >= 11 is 4.56. The second-order valence-electron chi connectivity index (χ2n) is 4.85. The SMILES string of the molecule is CCSC1=S(I)C(c2ccccc2)=CC(c2ccccc2)=C1. The van der Waals surface area contributed by atoms with E-state index >= 15 is 0 Å². The van der Waals surface area contributed by atoms with Crippen molar-refractivity contribution in [3.05, 3.63) is 83.9 Å². The van der Waals surface area contributed by atoms with Crippen LogP contribution in [-0.4, -0.2) is 9.95 Å². The third-order valence-corrected chi connectivity index (χ3v) is 9.88. The van der Waals surface area contributed by atoms with Crippen LogP contribution in [0.5, 0.6) is 0 Å².